The van der Waals surface area contributed by atoms with E-state index < -0.39 is 5.91 Å². The minimum absolute atomic E-state index is 0.132. The van der Waals surface area contributed by atoms with Gasteiger partial charge in [-0.3, -0.25) is 14.9 Å². The maximum absolute atomic E-state index is 12.5. The van der Waals surface area contributed by atoms with Crippen molar-refractivity contribution in [1.82, 2.24) is 5.32 Å². The highest BCUT2D eigenvalue weighted by atomic mass is 32.1. The molecule has 1 unspecified atom stereocenters. The minimum Gasteiger partial charge on any atom is -0.494 e. The van der Waals surface area contributed by atoms with E-state index in [4.69, 9.17) is 22.7 Å². The van der Waals surface area contributed by atoms with Crippen molar-refractivity contribution < 1.29 is 14.3 Å². The van der Waals surface area contributed by atoms with Crippen LogP contribution in [0.25, 0.3) is 0 Å². The van der Waals surface area contributed by atoms with Crippen LogP contribution in [0.2, 0.25) is 0 Å². The largest absolute Gasteiger partial charge is 0.494 e. The van der Waals surface area contributed by atoms with Gasteiger partial charge in [-0.05, 0) is 79.6 Å². The summed E-state index contributed by atoms with van der Waals surface area (Å²) in [5, 5.41) is 6.43. The molecular weight excluding hydrogens is 430 g/mol. The molecule has 2 amide bonds. The van der Waals surface area contributed by atoms with Gasteiger partial charge in [0.2, 0.25) is 0 Å². The molecular formula is C23H29N3O3S2. The van der Waals surface area contributed by atoms with E-state index in [1.165, 1.54) is 16.2 Å². The molecule has 4 N–H and O–H groups in total. The van der Waals surface area contributed by atoms with Gasteiger partial charge in [0, 0.05) is 10.4 Å². The summed E-state index contributed by atoms with van der Waals surface area (Å²) in [6.45, 7) is 9.20. The smallest absolute Gasteiger partial charge is 0.257 e. The number of anilines is 1. The third kappa shape index (κ3) is 5.43. The van der Waals surface area contributed by atoms with Crippen LogP contribution >= 0.6 is 23.6 Å². The fourth-order valence-corrected chi connectivity index (χ4v) is 5.45. The number of nitrogens with one attached hydrogen (secondary N) is 2. The number of benzene rings is 1. The van der Waals surface area contributed by atoms with Gasteiger partial charge < -0.3 is 15.8 Å². The van der Waals surface area contributed by atoms with Gasteiger partial charge in [-0.1, -0.05) is 20.8 Å². The summed E-state index contributed by atoms with van der Waals surface area (Å²) in [5.41, 5.74) is 7.86. The standard InChI is InChI=1S/C23H29N3O3S2/c1-5-29-15-9-6-13(7-10-15)20(28)25-22(30)26-21-18(19(24)27)16-11-8-14(23(2,3)4)12-17(16)31-21/h6-7,9-10,14H,5,8,11-12H2,1-4H3,(H2,24,27)(H2,25,26,28,30). The van der Waals surface area contributed by atoms with Crippen molar-refractivity contribution in [2.75, 3.05) is 11.9 Å². The average molecular weight is 460 g/mol. The number of hydrogen-bond acceptors (Lipinski definition) is 5. The molecule has 0 bridgehead atoms. The van der Waals surface area contributed by atoms with Gasteiger partial charge in [-0.15, -0.1) is 11.3 Å². The fourth-order valence-electron chi connectivity index (χ4n) is 3.85. The molecule has 1 aromatic carbocycles. The predicted octanol–water partition coefficient (Wildman–Crippen LogP) is 4.52. The number of thiocarbonyl (C=S) groups is 1. The van der Waals surface area contributed by atoms with Gasteiger partial charge in [0.1, 0.15) is 10.8 Å². The highest BCUT2D eigenvalue weighted by Crippen LogP contribution is 2.44. The molecule has 0 saturated heterocycles. The van der Waals surface area contributed by atoms with Crippen LogP contribution in [0.15, 0.2) is 24.3 Å². The summed E-state index contributed by atoms with van der Waals surface area (Å²) < 4.78 is 5.39. The van der Waals surface area contributed by atoms with E-state index in [2.05, 4.69) is 31.4 Å². The summed E-state index contributed by atoms with van der Waals surface area (Å²) >= 11 is 6.84. The molecule has 1 aromatic heterocycles. The van der Waals surface area contributed by atoms with Gasteiger partial charge in [0.25, 0.3) is 11.8 Å². The lowest BCUT2D eigenvalue weighted by Gasteiger charge is -2.33. The Bertz CT molecular complexity index is 991. The first-order chi connectivity index (χ1) is 14.6. The van der Waals surface area contributed by atoms with E-state index in [1.807, 2.05) is 6.92 Å². The molecule has 3 rings (SSSR count). The number of nitrogens with two attached hydrogens (primary N) is 1. The number of carbonyl (C=O) groups excluding carboxylic acids is 2. The maximum Gasteiger partial charge on any atom is 0.257 e. The first kappa shape index (κ1) is 23.2. The van der Waals surface area contributed by atoms with Gasteiger partial charge in [-0.25, -0.2) is 0 Å². The Morgan fingerprint density at radius 2 is 1.94 bits per heavy atom. The van der Waals surface area contributed by atoms with Crippen LogP contribution < -0.4 is 21.1 Å². The normalized spacial score (nSPS) is 15.7. The zero-order valence-electron chi connectivity index (χ0n) is 18.3. The number of carbonyl (C=O) groups is 2. The molecule has 2 aromatic rings. The second kappa shape index (κ2) is 9.36. The van der Waals surface area contributed by atoms with Crippen LogP contribution in [0, 0.1) is 11.3 Å². The van der Waals surface area contributed by atoms with E-state index in [-0.39, 0.29) is 16.4 Å². The van der Waals surface area contributed by atoms with Crippen molar-refractivity contribution >= 4 is 45.5 Å². The van der Waals surface area contributed by atoms with Crippen molar-refractivity contribution in [2.45, 2.75) is 47.0 Å². The lowest BCUT2D eigenvalue weighted by atomic mass is 9.72. The SMILES string of the molecule is CCOc1ccc(C(=O)NC(=S)Nc2sc3c(c2C(N)=O)CCC(C(C)(C)C)C3)cc1. The molecule has 31 heavy (non-hydrogen) atoms. The zero-order chi connectivity index (χ0) is 22.8. The Morgan fingerprint density at radius 3 is 2.52 bits per heavy atom. The highest BCUT2D eigenvalue weighted by molar-refractivity contribution is 7.80. The molecule has 6 nitrogen and oxygen atoms in total. The van der Waals surface area contributed by atoms with Crippen molar-refractivity contribution in [2.24, 2.45) is 17.1 Å². The second-order valence-electron chi connectivity index (χ2n) is 8.74. The third-order valence-corrected chi connectivity index (χ3v) is 6.99. The maximum atomic E-state index is 12.5. The summed E-state index contributed by atoms with van der Waals surface area (Å²) in [6.07, 6.45) is 2.75. The summed E-state index contributed by atoms with van der Waals surface area (Å²) in [7, 11) is 0. The van der Waals surface area contributed by atoms with Crippen LogP contribution in [-0.2, 0) is 12.8 Å². The zero-order valence-corrected chi connectivity index (χ0v) is 20.0. The van der Waals surface area contributed by atoms with Crippen molar-refractivity contribution in [3.63, 3.8) is 0 Å². The average Bonchev–Trinajstić information content (AvgIpc) is 3.05. The monoisotopic (exact) mass is 459 g/mol. The Balaban J connectivity index is 1.73. The van der Waals surface area contributed by atoms with Gasteiger partial charge in [-0.2, -0.15) is 0 Å². The van der Waals surface area contributed by atoms with Crippen LogP contribution in [-0.4, -0.2) is 23.5 Å². The van der Waals surface area contributed by atoms with Crippen LogP contribution in [0.3, 0.4) is 0 Å². The van der Waals surface area contributed by atoms with Crippen molar-refractivity contribution in [3.05, 3.63) is 45.8 Å². The molecule has 1 aliphatic carbocycles. The number of hydrogen-bond donors (Lipinski definition) is 3. The Hall–Kier alpha value is -2.45. The topological polar surface area (TPSA) is 93.4 Å². The first-order valence-electron chi connectivity index (χ1n) is 10.4. The Morgan fingerprint density at radius 1 is 1.26 bits per heavy atom. The van der Waals surface area contributed by atoms with Crippen LogP contribution in [0.4, 0.5) is 5.00 Å². The molecule has 166 valence electrons. The number of fused-ring (bicyclic) bond motifs is 1. The van der Waals surface area contributed by atoms with Gasteiger partial charge >= 0.3 is 0 Å². The molecule has 0 spiro atoms. The Labute approximate surface area is 192 Å². The van der Waals surface area contributed by atoms with E-state index >= 15 is 0 Å². The molecule has 0 radical (unpaired) electrons. The number of primary amides is 1. The molecule has 0 fully saturated rings. The first-order valence-corrected chi connectivity index (χ1v) is 11.6. The molecule has 1 heterocycles. The highest BCUT2D eigenvalue weighted by Gasteiger charge is 2.33. The number of amides is 2. The fraction of sp³-hybridized carbons (Fsp3) is 0.435. The summed E-state index contributed by atoms with van der Waals surface area (Å²) in [4.78, 5) is 25.9. The number of ether oxygens (including phenoxy) is 1. The molecule has 0 saturated carbocycles. The van der Waals surface area contributed by atoms with Crippen molar-refractivity contribution in [1.29, 1.82) is 0 Å². The second-order valence-corrected chi connectivity index (χ2v) is 10.3. The van der Waals surface area contributed by atoms with Gasteiger partial charge in [0.05, 0.1) is 12.2 Å². The molecule has 1 atom stereocenters. The third-order valence-electron chi connectivity index (χ3n) is 5.62. The summed E-state index contributed by atoms with van der Waals surface area (Å²) in [6, 6.07) is 6.82. The lowest BCUT2D eigenvalue weighted by Crippen LogP contribution is -2.34. The molecule has 8 heteroatoms. The van der Waals surface area contributed by atoms with Crippen LogP contribution in [0.5, 0.6) is 5.75 Å². The quantitative estimate of drug-likeness (QED) is 0.572. The van der Waals surface area contributed by atoms with Gasteiger partial charge in [0.15, 0.2) is 5.11 Å². The number of rotatable bonds is 5. The Kier molecular flexibility index (Phi) is 7.01. The van der Waals surface area contributed by atoms with E-state index in [0.29, 0.717) is 34.4 Å². The van der Waals surface area contributed by atoms with E-state index in [9.17, 15) is 9.59 Å². The summed E-state index contributed by atoms with van der Waals surface area (Å²) in [5.74, 6) is 0.423. The minimum atomic E-state index is -0.477. The van der Waals surface area contributed by atoms with E-state index in [0.717, 1.165) is 24.8 Å². The van der Waals surface area contributed by atoms with E-state index in [1.54, 1.807) is 24.3 Å². The lowest BCUT2D eigenvalue weighted by molar-refractivity contribution is 0.0975. The number of thiophene rings is 1. The predicted molar refractivity (Wildman–Crippen MR) is 129 cm³/mol. The van der Waals surface area contributed by atoms with Crippen LogP contribution in [0.1, 0.15) is 65.3 Å². The molecule has 1 aliphatic rings. The van der Waals surface area contributed by atoms with Crippen molar-refractivity contribution in [3.8, 4) is 5.75 Å². The molecule has 0 aliphatic heterocycles.